The van der Waals surface area contributed by atoms with Gasteiger partial charge in [0.1, 0.15) is 0 Å². The molecule has 5 heterocycles. The Balaban J connectivity index is 1.51. The second-order valence-electron chi connectivity index (χ2n) is 8.06. The van der Waals surface area contributed by atoms with Gasteiger partial charge in [-0.3, -0.25) is 14.5 Å². The van der Waals surface area contributed by atoms with E-state index in [4.69, 9.17) is 0 Å². The minimum Gasteiger partial charge on any atom is -0.298 e. The molecule has 3 atom stereocenters. The molecule has 6 rings (SSSR count). The fourth-order valence-electron chi connectivity index (χ4n) is 5.59. The molecule has 1 aromatic carbocycles. The standard InChI is InChI=1S/C20H24F2N4/c1-24-10-13(9-23-24)11-26-12-16(15-3-2-4-17(21)18(15)22)20-19(26)14-5-7-25(20)8-6-14/h2-4,9-10,14,16,19-20H,5-8,11-12H2,1H3/t16-,19+,20+/m0/s1. The Kier molecular flexibility index (Phi) is 3.87. The van der Waals surface area contributed by atoms with Gasteiger partial charge in [0.2, 0.25) is 0 Å². The molecule has 4 aliphatic rings. The molecule has 0 saturated carbocycles. The number of benzene rings is 1. The van der Waals surface area contributed by atoms with Gasteiger partial charge in [0, 0.05) is 49.9 Å². The molecule has 1 aromatic heterocycles. The number of aryl methyl sites for hydroxylation is 1. The first-order chi connectivity index (χ1) is 12.6. The predicted octanol–water partition coefficient (Wildman–Crippen LogP) is 2.76. The molecule has 2 bridgehead atoms. The minimum atomic E-state index is -0.735. The maximum absolute atomic E-state index is 14.6. The van der Waals surface area contributed by atoms with Gasteiger partial charge in [-0.15, -0.1) is 0 Å². The van der Waals surface area contributed by atoms with Crippen LogP contribution < -0.4 is 0 Å². The SMILES string of the molecule is Cn1cc(CN2C[C@@H](c3cccc(F)c3F)[C@@H]3[C@H]2C2CCN3CC2)cn1. The topological polar surface area (TPSA) is 24.3 Å². The number of piperidine rings is 3. The first-order valence-electron chi connectivity index (χ1n) is 9.51. The van der Waals surface area contributed by atoms with Crippen LogP contribution >= 0.6 is 0 Å². The van der Waals surface area contributed by atoms with E-state index in [-0.39, 0.29) is 12.0 Å². The van der Waals surface area contributed by atoms with Crippen molar-refractivity contribution in [1.29, 1.82) is 0 Å². The first kappa shape index (κ1) is 16.4. The van der Waals surface area contributed by atoms with Crippen LogP contribution in [0.3, 0.4) is 0 Å². The molecule has 0 unspecified atom stereocenters. The molecular formula is C20H24F2N4. The van der Waals surface area contributed by atoms with Crippen LogP contribution in [-0.4, -0.2) is 51.3 Å². The van der Waals surface area contributed by atoms with E-state index in [2.05, 4.69) is 14.9 Å². The Morgan fingerprint density at radius 3 is 2.69 bits per heavy atom. The highest BCUT2D eigenvalue weighted by molar-refractivity contribution is 5.29. The number of hydrogen-bond acceptors (Lipinski definition) is 3. The molecule has 26 heavy (non-hydrogen) atoms. The fraction of sp³-hybridized carbons (Fsp3) is 0.550. The second-order valence-corrected chi connectivity index (χ2v) is 8.06. The summed E-state index contributed by atoms with van der Waals surface area (Å²) >= 11 is 0. The van der Waals surface area contributed by atoms with Crippen molar-refractivity contribution in [2.24, 2.45) is 13.0 Å². The van der Waals surface area contributed by atoms with Gasteiger partial charge in [0.05, 0.1) is 6.20 Å². The summed E-state index contributed by atoms with van der Waals surface area (Å²) in [5.74, 6) is -0.721. The second kappa shape index (κ2) is 6.13. The molecule has 0 spiro atoms. The Morgan fingerprint density at radius 1 is 1.15 bits per heavy atom. The van der Waals surface area contributed by atoms with E-state index in [9.17, 15) is 8.78 Å². The average molecular weight is 358 g/mol. The third-order valence-corrected chi connectivity index (χ3v) is 6.62. The predicted molar refractivity (Wildman–Crippen MR) is 94.6 cm³/mol. The lowest BCUT2D eigenvalue weighted by molar-refractivity contribution is -0.00888. The zero-order chi connectivity index (χ0) is 17.8. The molecule has 0 N–H and O–H groups in total. The van der Waals surface area contributed by atoms with Gasteiger partial charge in [-0.05, 0) is 43.5 Å². The van der Waals surface area contributed by atoms with Crippen LogP contribution in [0.4, 0.5) is 8.78 Å². The largest absolute Gasteiger partial charge is 0.298 e. The van der Waals surface area contributed by atoms with Crippen molar-refractivity contribution in [3.05, 3.63) is 53.4 Å². The van der Waals surface area contributed by atoms with Gasteiger partial charge in [-0.1, -0.05) is 12.1 Å². The number of rotatable bonds is 3. The van der Waals surface area contributed by atoms with Crippen molar-refractivity contribution in [2.45, 2.75) is 37.4 Å². The molecule has 4 fully saturated rings. The number of fused-ring (bicyclic) bond motifs is 2. The van der Waals surface area contributed by atoms with Crippen molar-refractivity contribution >= 4 is 0 Å². The van der Waals surface area contributed by atoms with E-state index in [1.165, 1.54) is 24.5 Å². The maximum atomic E-state index is 14.6. The quantitative estimate of drug-likeness (QED) is 0.843. The van der Waals surface area contributed by atoms with Crippen molar-refractivity contribution in [3.8, 4) is 0 Å². The van der Waals surface area contributed by atoms with E-state index in [0.29, 0.717) is 17.5 Å². The molecule has 4 saturated heterocycles. The highest BCUT2D eigenvalue weighted by Crippen LogP contribution is 2.47. The number of aromatic nitrogens is 2. The number of likely N-dealkylation sites (tertiary alicyclic amines) is 1. The van der Waals surface area contributed by atoms with Crippen molar-refractivity contribution < 1.29 is 8.78 Å². The average Bonchev–Trinajstić information content (AvgIpc) is 3.24. The zero-order valence-corrected chi connectivity index (χ0v) is 15.0. The van der Waals surface area contributed by atoms with Gasteiger partial charge in [-0.25, -0.2) is 8.78 Å². The molecule has 4 aliphatic heterocycles. The first-order valence-corrected chi connectivity index (χ1v) is 9.51. The summed E-state index contributed by atoms with van der Waals surface area (Å²) in [4.78, 5) is 5.01. The normalized spacial score (nSPS) is 33.6. The molecule has 6 heteroatoms. The van der Waals surface area contributed by atoms with E-state index in [1.807, 2.05) is 24.1 Å². The van der Waals surface area contributed by atoms with Crippen LogP contribution in [0.5, 0.6) is 0 Å². The third-order valence-electron chi connectivity index (χ3n) is 6.62. The summed E-state index contributed by atoms with van der Waals surface area (Å²) in [5, 5.41) is 4.28. The summed E-state index contributed by atoms with van der Waals surface area (Å²) in [6.07, 6.45) is 6.38. The smallest absolute Gasteiger partial charge is 0.162 e. The zero-order valence-electron chi connectivity index (χ0n) is 15.0. The Morgan fingerprint density at radius 2 is 1.96 bits per heavy atom. The van der Waals surface area contributed by atoms with Gasteiger partial charge in [0.25, 0.3) is 0 Å². The Labute approximate surface area is 152 Å². The summed E-state index contributed by atoms with van der Waals surface area (Å²) in [6.45, 7) is 3.77. The van der Waals surface area contributed by atoms with Gasteiger partial charge in [-0.2, -0.15) is 5.10 Å². The van der Waals surface area contributed by atoms with Crippen LogP contribution in [0.15, 0.2) is 30.6 Å². The molecular weight excluding hydrogens is 334 g/mol. The van der Waals surface area contributed by atoms with Gasteiger partial charge in [0.15, 0.2) is 11.6 Å². The summed E-state index contributed by atoms with van der Waals surface area (Å²) in [5.41, 5.74) is 1.73. The molecule has 0 radical (unpaired) electrons. The van der Waals surface area contributed by atoms with Crippen LogP contribution in [0.1, 0.15) is 29.9 Å². The van der Waals surface area contributed by atoms with Gasteiger partial charge >= 0.3 is 0 Å². The van der Waals surface area contributed by atoms with E-state index in [0.717, 1.165) is 26.2 Å². The summed E-state index contributed by atoms with van der Waals surface area (Å²) < 4.78 is 30.3. The summed E-state index contributed by atoms with van der Waals surface area (Å²) in [7, 11) is 1.93. The van der Waals surface area contributed by atoms with Crippen molar-refractivity contribution in [1.82, 2.24) is 19.6 Å². The lowest BCUT2D eigenvalue weighted by Gasteiger charge is -2.51. The minimum absolute atomic E-state index is 0.0236. The van der Waals surface area contributed by atoms with E-state index < -0.39 is 11.6 Å². The molecule has 4 nitrogen and oxygen atoms in total. The number of halogens is 2. The maximum Gasteiger partial charge on any atom is 0.162 e. The van der Waals surface area contributed by atoms with Crippen LogP contribution in [0.2, 0.25) is 0 Å². The number of nitrogens with zero attached hydrogens (tertiary/aromatic N) is 4. The third kappa shape index (κ3) is 2.50. The van der Waals surface area contributed by atoms with Crippen LogP contribution in [-0.2, 0) is 13.6 Å². The lowest BCUT2D eigenvalue weighted by atomic mass is 9.75. The van der Waals surface area contributed by atoms with Crippen LogP contribution in [0.25, 0.3) is 0 Å². The van der Waals surface area contributed by atoms with E-state index >= 15 is 0 Å². The van der Waals surface area contributed by atoms with Crippen molar-refractivity contribution in [2.75, 3.05) is 19.6 Å². The van der Waals surface area contributed by atoms with Crippen LogP contribution in [0, 0.1) is 17.6 Å². The highest BCUT2D eigenvalue weighted by Gasteiger charge is 2.53. The lowest BCUT2D eigenvalue weighted by Crippen LogP contribution is -2.60. The van der Waals surface area contributed by atoms with E-state index in [1.54, 1.807) is 12.1 Å². The number of hydrogen-bond donors (Lipinski definition) is 0. The fourth-order valence-corrected chi connectivity index (χ4v) is 5.59. The molecule has 0 amide bonds. The molecule has 2 aromatic rings. The Bertz CT molecular complexity index is 812. The van der Waals surface area contributed by atoms with Crippen molar-refractivity contribution in [3.63, 3.8) is 0 Å². The van der Waals surface area contributed by atoms with Gasteiger partial charge < -0.3 is 0 Å². The molecule has 0 aliphatic carbocycles. The monoisotopic (exact) mass is 358 g/mol. The highest BCUT2D eigenvalue weighted by atomic mass is 19.2. The summed E-state index contributed by atoms with van der Waals surface area (Å²) in [6, 6.07) is 5.34. The molecule has 138 valence electrons. The Hall–Kier alpha value is -1.79.